The van der Waals surface area contributed by atoms with Crippen molar-refractivity contribution in [3.05, 3.63) is 0 Å². The summed E-state index contributed by atoms with van der Waals surface area (Å²) in [5.41, 5.74) is -1.01. The van der Waals surface area contributed by atoms with E-state index in [2.05, 4.69) is 5.32 Å². The highest BCUT2D eigenvalue weighted by Gasteiger charge is 2.42. The molecule has 0 aromatic carbocycles. The van der Waals surface area contributed by atoms with Crippen molar-refractivity contribution in [3.8, 4) is 0 Å². The van der Waals surface area contributed by atoms with E-state index < -0.39 is 36.4 Å². The van der Waals surface area contributed by atoms with Crippen LogP contribution < -0.4 is 10.6 Å². The summed E-state index contributed by atoms with van der Waals surface area (Å²) in [6, 6.07) is -1.06. The lowest BCUT2D eigenvalue weighted by molar-refractivity contribution is -0.139. The third-order valence-electron chi connectivity index (χ3n) is 3.48. The van der Waals surface area contributed by atoms with E-state index in [1.807, 2.05) is 0 Å². The number of halogens is 4. The van der Waals surface area contributed by atoms with Crippen molar-refractivity contribution in [2.45, 2.75) is 56.4 Å². The van der Waals surface area contributed by atoms with E-state index in [4.69, 9.17) is 5.11 Å². The molecule has 122 valence electrons. The van der Waals surface area contributed by atoms with Crippen LogP contribution in [0.25, 0.3) is 0 Å². The van der Waals surface area contributed by atoms with Crippen molar-refractivity contribution < 1.29 is 32.3 Å². The van der Waals surface area contributed by atoms with Crippen molar-refractivity contribution >= 4 is 12.0 Å². The summed E-state index contributed by atoms with van der Waals surface area (Å²) >= 11 is 0. The Morgan fingerprint density at radius 1 is 1.19 bits per heavy atom. The Kier molecular flexibility index (Phi) is 5.79. The molecule has 0 unspecified atom stereocenters. The normalized spacial score (nSPS) is 18.3. The zero-order chi connectivity index (χ0) is 16.1. The van der Waals surface area contributed by atoms with Gasteiger partial charge in [0.25, 0.3) is 0 Å². The molecule has 1 aliphatic rings. The maximum absolute atomic E-state index is 12.7. The van der Waals surface area contributed by atoms with Gasteiger partial charge in [0.05, 0.1) is 18.5 Å². The molecular formula is C12H18F4N2O3. The van der Waals surface area contributed by atoms with Gasteiger partial charge in [0.15, 0.2) is 0 Å². The molecule has 0 aromatic rings. The molecule has 9 heteroatoms. The summed E-state index contributed by atoms with van der Waals surface area (Å²) in [6.45, 7) is -1.50. The van der Waals surface area contributed by atoms with Gasteiger partial charge in [0.1, 0.15) is 0 Å². The molecule has 5 nitrogen and oxygen atoms in total. The van der Waals surface area contributed by atoms with Crippen LogP contribution in [-0.4, -0.2) is 41.5 Å². The van der Waals surface area contributed by atoms with E-state index in [9.17, 15) is 27.2 Å². The lowest BCUT2D eigenvalue weighted by atomic mass is 9.79. The summed E-state index contributed by atoms with van der Waals surface area (Å²) in [7, 11) is 0. The van der Waals surface area contributed by atoms with E-state index in [1.165, 1.54) is 0 Å². The number of hydrogen-bond acceptors (Lipinski definition) is 2. The third-order valence-corrected chi connectivity index (χ3v) is 3.48. The first-order valence-corrected chi connectivity index (χ1v) is 6.61. The van der Waals surface area contributed by atoms with Crippen molar-refractivity contribution in [2.75, 3.05) is 6.54 Å². The molecule has 0 heterocycles. The first kappa shape index (κ1) is 17.5. The fourth-order valence-corrected chi connectivity index (χ4v) is 2.42. The minimum atomic E-state index is -4.32. The fraction of sp³-hybridized carbons (Fsp3) is 0.833. The number of carbonyl (C=O) groups excluding carboxylic acids is 1. The number of carboxylic acid groups (broad SMARTS) is 1. The summed E-state index contributed by atoms with van der Waals surface area (Å²) in [4.78, 5) is 22.4. The lowest BCUT2D eigenvalue weighted by Crippen LogP contribution is -2.56. The Morgan fingerprint density at radius 3 is 2.24 bits per heavy atom. The molecule has 2 amide bonds. The number of carbonyl (C=O) groups is 2. The number of nitrogens with one attached hydrogen (secondary N) is 2. The Morgan fingerprint density at radius 2 is 1.76 bits per heavy atom. The Bertz CT molecular complexity index is 385. The molecule has 1 fully saturated rings. The highest BCUT2D eigenvalue weighted by molar-refractivity contribution is 5.76. The molecule has 0 radical (unpaired) electrons. The number of urea groups is 1. The summed E-state index contributed by atoms with van der Waals surface area (Å²) in [6.07, 6.45) is -1.06. The van der Waals surface area contributed by atoms with Crippen LogP contribution in [0.5, 0.6) is 0 Å². The second-order valence-electron chi connectivity index (χ2n) is 5.28. The minimum absolute atomic E-state index is 0.328. The first-order valence-electron chi connectivity index (χ1n) is 6.61. The summed E-state index contributed by atoms with van der Waals surface area (Å²) in [5, 5.41) is 12.9. The molecule has 1 aliphatic carbocycles. The van der Waals surface area contributed by atoms with Gasteiger partial charge in [-0.15, -0.1) is 0 Å². The molecule has 0 aromatic heterocycles. The monoisotopic (exact) mass is 314 g/mol. The zero-order valence-electron chi connectivity index (χ0n) is 11.3. The number of rotatable bonds is 6. The average Bonchev–Trinajstić information content (AvgIpc) is 2.36. The van der Waals surface area contributed by atoms with Crippen LogP contribution in [0.2, 0.25) is 0 Å². The second kappa shape index (κ2) is 6.95. The van der Waals surface area contributed by atoms with Gasteiger partial charge in [0, 0.05) is 0 Å². The highest BCUT2D eigenvalue weighted by atomic mass is 19.3. The Labute approximate surface area is 119 Å². The predicted octanol–water partition coefficient (Wildman–Crippen LogP) is 2.36. The standard InChI is InChI=1S/C12H18F4N2O3/c13-9(14)12(15,16)7-17-10(21)18-11(6-8(19)20)4-2-1-3-5-11/h9H,1-7H2,(H,19,20)(H2,17,18,21). The first-order chi connectivity index (χ1) is 9.67. The van der Waals surface area contributed by atoms with Crippen LogP contribution in [0.15, 0.2) is 0 Å². The molecule has 0 aliphatic heterocycles. The van der Waals surface area contributed by atoms with Crippen LogP contribution >= 0.6 is 0 Å². The molecule has 0 saturated heterocycles. The van der Waals surface area contributed by atoms with Crippen LogP contribution in [0.1, 0.15) is 38.5 Å². The molecule has 0 bridgehead atoms. The Balaban J connectivity index is 2.58. The predicted molar refractivity (Wildman–Crippen MR) is 65.6 cm³/mol. The number of alkyl halides is 4. The van der Waals surface area contributed by atoms with Gasteiger partial charge in [-0.25, -0.2) is 13.6 Å². The van der Waals surface area contributed by atoms with E-state index in [0.717, 1.165) is 6.42 Å². The minimum Gasteiger partial charge on any atom is -0.481 e. The largest absolute Gasteiger partial charge is 0.481 e. The van der Waals surface area contributed by atoms with Gasteiger partial charge in [-0.3, -0.25) is 4.79 Å². The number of carboxylic acids is 1. The molecule has 1 saturated carbocycles. The van der Waals surface area contributed by atoms with Crippen LogP contribution in [0, 0.1) is 0 Å². The third kappa shape index (κ3) is 5.39. The molecule has 21 heavy (non-hydrogen) atoms. The average molecular weight is 314 g/mol. The van der Waals surface area contributed by atoms with Crippen LogP contribution in [-0.2, 0) is 4.79 Å². The van der Waals surface area contributed by atoms with Crippen molar-refractivity contribution in [1.82, 2.24) is 10.6 Å². The molecule has 3 N–H and O–H groups in total. The number of aliphatic carboxylic acids is 1. The van der Waals surface area contributed by atoms with Gasteiger partial charge >= 0.3 is 24.3 Å². The number of hydrogen-bond donors (Lipinski definition) is 3. The molecule has 0 spiro atoms. The van der Waals surface area contributed by atoms with Gasteiger partial charge in [0.2, 0.25) is 0 Å². The maximum Gasteiger partial charge on any atom is 0.324 e. The zero-order valence-corrected chi connectivity index (χ0v) is 11.3. The molecule has 1 rings (SSSR count). The molecule has 0 atom stereocenters. The van der Waals surface area contributed by atoms with Crippen molar-refractivity contribution in [1.29, 1.82) is 0 Å². The van der Waals surface area contributed by atoms with E-state index in [-0.39, 0.29) is 6.42 Å². The van der Waals surface area contributed by atoms with Gasteiger partial charge in [-0.1, -0.05) is 19.3 Å². The smallest absolute Gasteiger partial charge is 0.324 e. The van der Waals surface area contributed by atoms with E-state index in [0.29, 0.717) is 25.7 Å². The van der Waals surface area contributed by atoms with E-state index in [1.54, 1.807) is 5.32 Å². The van der Waals surface area contributed by atoms with Crippen molar-refractivity contribution in [2.24, 2.45) is 0 Å². The van der Waals surface area contributed by atoms with Gasteiger partial charge in [-0.05, 0) is 12.8 Å². The summed E-state index contributed by atoms with van der Waals surface area (Å²) in [5.74, 6) is -5.43. The van der Waals surface area contributed by atoms with Gasteiger partial charge in [-0.2, -0.15) is 8.78 Å². The number of amides is 2. The highest BCUT2D eigenvalue weighted by Crippen LogP contribution is 2.31. The molecular weight excluding hydrogens is 296 g/mol. The second-order valence-corrected chi connectivity index (χ2v) is 5.28. The fourth-order valence-electron chi connectivity index (χ4n) is 2.42. The Hall–Kier alpha value is -1.54. The van der Waals surface area contributed by atoms with Gasteiger partial charge < -0.3 is 15.7 Å². The quantitative estimate of drug-likeness (QED) is 0.659. The van der Waals surface area contributed by atoms with Crippen LogP contribution in [0.4, 0.5) is 22.4 Å². The van der Waals surface area contributed by atoms with E-state index >= 15 is 0 Å². The maximum atomic E-state index is 12.7. The summed E-state index contributed by atoms with van der Waals surface area (Å²) < 4.78 is 49.3. The van der Waals surface area contributed by atoms with Crippen molar-refractivity contribution in [3.63, 3.8) is 0 Å². The lowest BCUT2D eigenvalue weighted by Gasteiger charge is -2.37. The SMILES string of the molecule is O=C(O)CC1(NC(=O)NCC(F)(F)C(F)F)CCCCC1. The topological polar surface area (TPSA) is 78.4 Å². The van der Waals surface area contributed by atoms with Crippen LogP contribution in [0.3, 0.4) is 0 Å².